The number of aromatic nitrogens is 6. The predicted molar refractivity (Wildman–Crippen MR) is 122 cm³/mol. The van der Waals surface area contributed by atoms with E-state index in [1.807, 2.05) is 43.4 Å². The number of ether oxygens (including phenoxy) is 1. The normalized spacial score (nSPS) is 11.3. The van der Waals surface area contributed by atoms with Gasteiger partial charge in [-0.15, -0.1) is 0 Å². The van der Waals surface area contributed by atoms with Crippen LogP contribution < -0.4 is 10.3 Å². The third-order valence-corrected chi connectivity index (χ3v) is 6.30. The second kappa shape index (κ2) is 7.78. The molecule has 10 heteroatoms. The van der Waals surface area contributed by atoms with Crippen LogP contribution in [0, 0.1) is 0 Å². The Hall–Kier alpha value is -3.24. The third kappa shape index (κ3) is 3.37. The number of hydrogen-bond acceptors (Lipinski definition) is 7. The van der Waals surface area contributed by atoms with Crippen molar-refractivity contribution in [3.63, 3.8) is 0 Å². The van der Waals surface area contributed by atoms with Crippen LogP contribution in [0.15, 0.2) is 74.4 Å². The van der Waals surface area contributed by atoms with Gasteiger partial charge in [0.1, 0.15) is 21.7 Å². The van der Waals surface area contributed by atoms with Gasteiger partial charge in [-0.3, -0.25) is 9.36 Å². The van der Waals surface area contributed by atoms with E-state index in [1.165, 1.54) is 18.1 Å². The molecule has 8 nitrogen and oxygen atoms in total. The zero-order valence-corrected chi connectivity index (χ0v) is 18.9. The number of para-hydroxylation sites is 1. The molecule has 0 saturated heterocycles. The van der Waals surface area contributed by atoms with Gasteiger partial charge in [0, 0.05) is 13.1 Å². The summed E-state index contributed by atoms with van der Waals surface area (Å²) in [5.74, 6) is 0.646. The van der Waals surface area contributed by atoms with Crippen LogP contribution in [0.5, 0.6) is 5.75 Å². The molecule has 2 aromatic carbocycles. The summed E-state index contributed by atoms with van der Waals surface area (Å²) in [6.07, 6.45) is 1.48. The van der Waals surface area contributed by atoms with Gasteiger partial charge in [-0.25, -0.2) is 19.6 Å². The molecule has 0 aliphatic heterocycles. The van der Waals surface area contributed by atoms with E-state index in [1.54, 1.807) is 28.5 Å². The molecule has 0 amide bonds. The van der Waals surface area contributed by atoms with Crippen LogP contribution in [0.25, 0.3) is 27.6 Å². The Morgan fingerprint density at radius 1 is 1.10 bits per heavy atom. The number of hydrogen-bond donors (Lipinski definition) is 0. The highest BCUT2D eigenvalue weighted by atomic mass is 79.9. The largest absolute Gasteiger partial charge is 0.497 e. The van der Waals surface area contributed by atoms with Crippen molar-refractivity contribution >= 4 is 49.6 Å². The zero-order chi connectivity index (χ0) is 21.5. The zero-order valence-electron chi connectivity index (χ0n) is 16.5. The molecule has 0 radical (unpaired) electrons. The van der Waals surface area contributed by atoms with Crippen molar-refractivity contribution < 1.29 is 4.74 Å². The standard InChI is InChI=1S/C21H15BrN6O2S/c1-27-18-16(17(22)26-27)19(24-11-23-18)31-21-25-15-9-4-3-8-14(15)20(29)28(21)12-6-5-7-13(10-12)30-2/h3-11H,1-2H3. The van der Waals surface area contributed by atoms with Crippen molar-refractivity contribution in [1.82, 2.24) is 29.3 Å². The van der Waals surface area contributed by atoms with Gasteiger partial charge in [-0.1, -0.05) is 18.2 Å². The molecule has 0 fully saturated rings. The van der Waals surface area contributed by atoms with Gasteiger partial charge in [0.2, 0.25) is 0 Å². The molecule has 154 valence electrons. The number of benzene rings is 2. The van der Waals surface area contributed by atoms with Crippen molar-refractivity contribution in [3.05, 3.63) is 69.8 Å². The van der Waals surface area contributed by atoms with Gasteiger partial charge >= 0.3 is 0 Å². The highest BCUT2D eigenvalue weighted by Crippen LogP contribution is 2.34. The first-order valence-corrected chi connectivity index (χ1v) is 10.8. The molecule has 3 aromatic heterocycles. The topological polar surface area (TPSA) is 87.7 Å². The van der Waals surface area contributed by atoms with Crippen LogP contribution in [0.3, 0.4) is 0 Å². The van der Waals surface area contributed by atoms with Crippen LogP contribution in [0.4, 0.5) is 0 Å². The predicted octanol–water partition coefficient (Wildman–Crippen LogP) is 3.98. The Kier molecular flexibility index (Phi) is 4.95. The fourth-order valence-corrected chi connectivity index (χ4v) is 5.06. The monoisotopic (exact) mass is 494 g/mol. The number of rotatable bonds is 4. The van der Waals surface area contributed by atoms with E-state index in [0.29, 0.717) is 42.8 Å². The molecule has 0 aliphatic rings. The molecule has 0 unspecified atom stereocenters. The van der Waals surface area contributed by atoms with E-state index >= 15 is 0 Å². The summed E-state index contributed by atoms with van der Waals surface area (Å²) in [7, 11) is 3.41. The number of methoxy groups -OCH3 is 1. The third-order valence-electron chi connectivity index (χ3n) is 4.79. The Morgan fingerprint density at radius 2 is 1.94 bits per heavy atom. The van der Waals surface area contributed by atoms with Crippen LogP contribution in [0.1, 0.15) is 0 Å². The molecule has 0 atom stereocenters. The summed E-state index contributed by atoms with van der Waals surface area (Å²) in [4.78, 5) is 27.0. The second-order valence-corrected chi connectivity index (χ2v) is 8.35. The molecule has 0 N–H and O–H groups in total. The van der Waals surface area contributed by atoms with Gasteiger partial charge < -0.3 is 4.74 Å². The summed E-state index contributed by atoms with van der Waals surface area (Å²) < 4.78 is 9.24. The quantitative estimate of drug-likeness (QED) is 0.275. The summed E-state index contributed by atoms with van der Waals surface area (Å²) in [5.41, 5.74) is 1.78. The summed E-state index contributed by atoms with van der Waals surface area (Å²) in [6.45, 7) is 0. The summed E-state index contributed by atoms with van der Waals surface area (Å²) in [5, 5.41) is 6.79. The minimum absolute atomic E-state index is 0.170. The van der Waals surface area contributed by atoms with Crippen molar-refractivity contribution in [2.45, 2.75) is 10.2 Å². The Morgan fingerprint density at radius 3 is 2.77 bits per heavy atom. The molecule has 0 aliphatic carbocycles. The van der Waals surface area contributed by atoms with Gasteiger partial charge in [0.05, 0.1) is 29.1 Å². The van der Waals surface area contributed by atoms with E-state index in [0.717, 1.165) is 5.39 Å². The fraction of sp³-hybridized carbons (Fsp3) is 0.0952. The van der Waals surface area contributed by atoms with E-state index in [-0.39, 0.29) is 5.56 Å². The molecule has 5 rings (SSSR count). The number of fused-ring (bicyclic) bond motifs is 2. The van der Waals surface area contributed by atoms with Gasteiger partial charge in [-0.2, -0.15) is 5.10 Å². The Bertz CT molecular complexity index is 1510. The molecular weight excluding hydrogens is 480 g/mol. The Labute approximate surface area is 189 Å². The first kappa shape index (κ1) is 19.7. The lowest BCUT2D eigenvalue weighted by Crippen LogP contribution is -2.21. The minimum Gasteiger partial charge on any atom is -0.497 e. The molecule has 3 heterocycles. The first-order chi connectivity index (χ1) is 15.1. The number of nitrogens with zero attached hydrogens (tertiary/aromatic N) is 6. The lowest BCUT2D eigenvalue weighted by molar-refractivity contribution is 0.414. The van der Waals surface area contributed by atoms with Crippen LogP contribution in [-0.2, 0) is 7.05 Å². The molecule has 5 aromatic rings. The Balaban J connectivity index is 1.78. The molecule has 0 saturated carbocycles. The molecular formula is C21H15BrN6O2S. The van der Waals surface area contributed by atoms with Crippen molar-refractivity contribution in [1.29, 1.82) is 0 Å². The van der Waals surface area contributed by atoms with E-state index in [2.05, 4.69) is 31.0 Å². The average molecular weight is 495 g/mol. The van der Waals surface area contributed by atoms with Crippen molar-refractivity contribution in [3.8, 4) is 11.4 Å². The molecule has 0 bridgehead atoms. The smallest absolute Gasteiger partial charge is 0.266 e. The fourth-order valence-electron chi connectivity index (χ4n) is 3.34. The van der Waals surface area contributed by atoms with E-state index < -0.39 is 0 Å². The maximum atomic E-state index is 13.5. The van der Waals surface area contributed by atoms with E-state index in [9.17, 15) is 4.79 Å². The van der Waals surface area contributed by atoms with Crippen LogP contribution in [-0.4, -0.2) is 36.4 Å². The number of aryl methyl sites for hydroxylation is 1. The van der Waals surface area contributed by atoms with Crippen LogP contribution in [0.2, 0.25) is 0 Å². The summed E-state index contributed by atoms with van der Waals surface area (Å²) in [6, 6.07) is 14.6. The van der Waals surface area contributed by atoms with Crippen LogP contribution >= 0.6 is 27.7 Å². The lowest BCUT2D eigenvalue weighted by atomic mass is 10.2. The lowest BCUT2D eigenvalue weighted by Gasteiger charge is -2.14. The number of halogens is 1. The van der Waals surface area contributed by atoms with Gasteiger partial charge in [0.25, 0.3) is 5.56 Å². The maximum absolute atomic E-state index is 13.5. The maximum Gasteiger partial charge on any atom is 0.266 e. The van der Waals surface area contributed by atoms with Crippen molar-refractivity contribution in [2.75, 3.05) is 7.11 Å². The highest BCUT2D eigenvalue weighted by molar-refractivity contribution is 9.10. The van der Waals surface area contributed by atoms with Gasteiger partial charge in [0.15, 0.2) is 10.8 Å². The van der Waals surface area contributed by atoms with Crippen molar-refractivity contribution in [2.24, 2.45) is 7.05 Å². The SMILES string of the molecule is COc1cccc(-n2c(Sc3ncnc4c3c(Br)nn4C)nc3ccccc3c2=O)c1. The average Bonchev–Trinajstić information content (AvgIpc) is 3.08. The minimum atomic E-state index is -0.170. The highest BCUT2D eigenvalue weighted by Gasteiger charge is 2.19. The van der Waals surface area contributed by atoms with E-state index in [4.69, 9.17) is 9.72 Å². The second-order valence-electron chi connectivity index (χ2n) is 6.65. The van der Waals surface area contributed by atoms with Gasteiger partial charge in [-0.05, 0) is 52.0 Å². The first-order valence-electron chi connectivity index (χ1n) is 9.24. The molecule has 0 spiro atoms. The molecule has 31 heavy (non-hydrogen) atoms. The summed E-state index contributed by atoms with van der Waals surface area (Å²) >= 11 is 4.77.